The lowest BCUT2D eigenvalue weighted by Crippen LogP contribution is -2.34. The first kappa shape index (κ1) is 16.4. The minimum atomic E-state index is 0.915. The molecule has 0 aliphatic rings. The van der Waals surface area contributed by atoms with Crippen molar-refractivity contribution in [2.45, 2.75) is 40.8 Å². The fourth-order valence-corrected chi connectivity index (χ4v) is 2.83. The molecule has 0 saturated heterocycles. The predicted octanol–water partition coefficient (Wildman–Crippen LogP) is 3.59. The number of aryl methyl sites for hydroxylation is 4. The molecule has 0 amide bonds. The van der Waals surface area contributed by atoms with Crippen LogP contribution in [0.4, 0.5) is 0 Å². The fourth-order valence-electron chi connectivity index (χ4n) is 2.83. The lowest BCUT2D eigenvalue weighted by atomic mass is 10.1. The van der Waals surface area contributed by atoms with E-state index in [1.165, 1.54) is 33.4 Å². The molecule has 2 heteroatoms. The summed E-state index contributed by atoms with van der Waals surface area (Å²) in [5.74, 6) is 0. The van der Waals surface area contributed by atoms with Gasteiger partial charge in [0.15, 0.2) is 37.9 Å². The molecule has 0 atom stereocenters. The summed E-state index contributed by atoms with van der Waals surface area (Å²) in [6, 6.07) is 13.3. The van der Waals surface area contributed by atoms with Crippen molar-refractivity contribution in [2.24, 2.45) is 0 Å². The average Bonchev–Trinajstić information content (AvgIpc) is 2.56. The molecule has 0 saturated carbocycles. The third kappa shape index (κ3) is 3.88. The molecule has 0 unspecified atom stereocenters. The summed E-state index contributed by atoms with van der Waals surface area (Å²) < 4.78 is 4.49. The van der Waals surface area contributed by atoms with Crippen molar-refractivity contribution in [3.8, 4) is 0 Å². The van der Waals surface area contributed by atoms with E-state index in [9.17, 15) is 0 Å². The molecule has 1 aromatic carbocycles. The highest BCUT2D eigenvalue weighted by molar-refractivity contribution is 5.22. The second-order valence-electron chi connectivity index (χ2n) is 6.78. The zero-order valence-electron chi connectivity index (χ0n) is 15.1. The van der Waals surface area contributed by atoms with Crippen LogP contribution in [0.25, 0.3) is 0 Å². The highest BCUT2D eigenvalue weighted by Gasteiger charge is 2.07. The monoisotopic (exact) mass is 318 g/mol. The third-order valence-electron chi connectivity index (χ3n) is 4.75. The Morgan fingerprint density at radius 3 is 1.25 bits per heavy atom. The quantitative estimate of drug-likeness (QED) is 0.650. The van der Waals surface area contributed by atoms with Crippen molar-refractivity contribution < 1.29 is 9.13 Å². The highest BCUT2D eigenvalue weighted by Crippen LogP contribution is 2.07. The Balaban J connectivity index is 1.70. The van der Waals surface area contributed by atoms with Crippen molar-refractivity contribution in [1.29, 1.82) is 0 Å². The molecular formula is C22H26N2+2. The molecule has 0 aliphatic carbocycles. The Morgan fingerprint density at radius 2 is 0.917 bits per heavy atom. The lowest BCUT2D eigenvalue weighted by Gasteiger charge is -2.03. The van der Waals surface area contributed by atoms with Crippen LogP contribution in [0.15, 0.2) is 61.2 Å². The molecule has 0 spiro atoms. The smallest absolute Gasteiger partial charge is 0.173 e. The third-order valence-corrected chi connectivity index (χ3v) is 4.75. The van der Waals surface area contributed by atoms with Crippen molar-refractivity contribution in [3.05, 3.63) is 94.6 Å². The van der Waals surface area contributed by atoms with Gasteiger partial charge in [0.1, 0.15) is 0 Å². The molecule has 3 aromatic rings. The second-order valence-corrected chi connectivity index (χ2v) is 6.78. The van der Waals surface area contributed by atoms with Gasteiger partial charge in [0.05, 0.1) is 0 Å². The molecule has 0 bridgehead atoms. The van der Waals surface area contributed by atoms with Gasteiger partial charge in [-0.05, 0) is 38.8 Å². The van der Waals surface area contributed by atoms with Gasteiger partial charge in [-0.15, -0.1) is 0 Å². The van der Waals surface area contributed by atoms with E-state index in [-0.39, 0.29) is 0 Å². The van der Waals surface area contributed by atoms with Gasteiger partial charge < -0.3 is 0 Å². The van der Waals surface area contributed by atoms with Gasteiger partial charge in [-0.3, -0.25) is 0 Å². The standard InChI is InChI=1S/C22H26N2/c1-17-9-11-23(13-19(17)3)15-21-5-7-22(8-6-21)16-24-12-10-18(2)20(4)14-24/h5-14H,15-16H2,1-4H3/q+2. The molecule has 0 aliphatic heterocycles. The summed E-state index contributed by atoms with van der Waals surface area (Å²) in [7, 11) is 0. The predicted molar refractivity (Wildman–Crippen MR) is 96.9 cm³/mol. The molecule has 0 fully saturated rings. The Bertz CT molecular complexity index is 776. The van der Waals surface area contributed by atoms with Gasteiger partial charge in [-0.2, -0.15) is 0 Å². The van der Waals surface area contributed by atoms with Crippen molar-refractivity contribution in [3.63, 3.8) is 0 Å². The SMILES string of the molecule is Cc1cc[n+](Cc2ccc(C[n+]3ccc(C)c(C)c3)cc2)cc1C. The summed E-state index contributed by atoms with van der Waals surface area (Å²) in [5, 5.41) is 0. The highest BCUT2D eigenvalue weighted by atomic mass is 14.9. The normalized spacial score (nSPS) is 10.8. The minimum absolute atomic E-state index is 0.915. The first-order chi connectivity index (χ1) is 11.5. The van der Waals surface area contributed by atoms with Crippen molar-refractivity contribution in [1.82, 2.24) is 0 Å². The van der Waals surface area contributed by atoms with Gasteiger partial charge in [0, 0.05) is 34.4 Å². The van der Waals surface area contributed by atoms with Crippen LogP contribution in [0, 0.1) is 27.7 Å². The van der Waals surface area contributed by atoms with E-state index in [0.717, 1.165) is 13.1 Å². The van der Waals surface area contributed by atoms with E-state index in [1.807, 2.05) is 0 Å². The number of pyridine rings is 2. The minimum Gasteiger partial charge on any atom is -0.201 e. The van der Waals surface area contributed by atoms with E-state index in [1.54, 1.807) is 0 Å². The maximum atomic E-state index is 2.25. The largest absolute Gasteiger partial charge is 0.201 e. The Morgan fingerprint density at radius 1 is 0.542 bits per heavy atom. The number of aromatic nitrogens is 2. The number of nitrogens with zero attached hydrogens (tertiary/aromatic N) is 2. The van der Waals surface area contributed by atoms with Gasteiger partial charge in [-0.25, -0.2) is 9.13 Å². The summed E-state index contributed by atoms with van der Waals surface area (Å²) in [4.78, 5) is 0. The fraction of sp³-hybridized carbons (Fsp3) is 0.273. The van der Waals surface area contributed by atoms with Gasteiger partial charge >= 0.3 is 0 Å². The van der Waals surface area contributed by atoms with Crippen LogP contribution in [0.3, 0.4) is 0 Å². The van der Waals surface area contributed by atoms with Crippen LogP contribution in [0.2, 0.25) is 0 Å². The zero-order chi connectivity index (χ0) is 17.1. The Hall–Kier alpha value is -2.48. The van der Waals surface area contributed by atoms with Crippen LogP contribution in [0.5, 0.6) is 0 Å². The van der Waals surface area contributed by atoms with Crippen LogP contribution in [-0.2, 0) is 13.1 Å². The van der Waals surface area contributed by atoms with Crippen LogP contribution in [0.1, 0.15) is 33.4 Å². The van der Waals surface area contributed by atoms with Crippen molar-refractivity contribution >= 4 is 0 Å². The number of benzene rings is 1. The molecule has 2 heterocycles. The number of hydrogen-bond donors (Lipinski definition) is 0. The lowest BCUT2D eigenvalue weighted by molar-refractivity contribution is -0.689. The van der Waals surface area contributed by atoms with E-state index < -0.39 is 0 Å². The Kier molecular flexibility index (Phi) is 4.75. The van der Waals surface area contributed by atoms with E-state index in [4.69, 9.17) is 0 Å². The Labute approximate surface area is 145 Å². The van der Waals surface area contributed by atoms with E-state index in [2.05, 4.69) is 98.0 Å². The van der Waals surface area contributed by atoms with Gasteiger partial charge in [0.2, 0.25) is 0 Å². The van der Waals surface area contributed by atoms with Crippen LogP contribution in [-0.4, -0.2) is 0 Å². The topological polar surface area (TPSA) is 7.76 Å². The van der Waals surface area contributed by atoms with E-state index in [0.29, 0.717) is 0 Å². The maximum absolute atomic E-state index is 2.25. The van der Waals surface area contributed by atoms with Gasteiger partial charge in [-0.1, -0.05) is 24.3 Å². The maximum Gasteiger partial charge on any atom is 0.173 e. The van der Waals surface area contributed by atoms with Gasteiger partial charge in [0.25, 0.3) is 0 Å². The summed E-state index contributed by atoms with van der Waals surface area (Å²) >= 11 is 0. The summed E-state index contributed by atoms with van der Waals surface area (Å²) in [6.07, 6.45) is 8.74. The molecular weight excluding hydrogens is 292 g/mol. The number of hydrogen-bond acceptors (Lipinski definition) is 0. The zero-order valence-corrected chi connectivity index (χ0v) is 15.1. The van der Waals surface area contributed by atoms with Crippen molar-refractivity contribution in [2.75, 3.05) is 0 Å². The second kappa shape index (κ2) is 6.96. The molecule has 24 heavy (non-hydrogen) atoms. The van der Waals surface area contributed by atoms with E-state index >= 15 is 0 Å². The molecule has 3 rings (SSSR count). The first-order valence-electron chi connectivity index (χ1n) is 8.52. The molecule has 122 valence electrons. The molecule has 2 nitrogen and oxygen atoms in total. The summed E-state index contributed by atoms with van der Waals surface area (Å²) in [5.41, 5.74) is 8.01. The average molecular weight is 318 g/mol. The number of rotatable bonds is 4. The first-order valence-corrected chi connectivity index (χ1v) is 8.52. The molecule has 0 N–H and O–H groups in total. The van der Waals surface area contributed by atoms with Crippen LogP contribution >= 0.6 is 0 Å². The molecule has 0 radical (unpaired) electrons. The van der Waals surface area contributed by atoms with Crippen LogP contribution < -0.4 is 9.13 Å². The molecule has 2 aromatic heterocycles. The summed E-state index contributed by atoms with van der Waals surface area (Å²) in [6.45, 7) is 10.5.